The van der Waals surface area contributed by atoms with Crippen LogP contribution in [0.4, 0.5) is 0 Å². The lowest BCUT2D eigenvalue weighted by atomic mass is 10.1. The van der Waals surface area contributed by atoms with Crippen LogP contribution in [0, 0.1) is 0 Å². The van der Waals surface area contributed by atoms with Gasteiger partial charge in [0.1, 0.15) is 5.82 Å². The van der Waals surface area contributed by atoms with Crippen molar-refractivity contribution in [2.45, 2.75) is 12.1 Å². The molecule has 1 amide bonds. The molecule has 4 rings (SSSR count). The van der Waals surface area contributed by atoms with E-state index in [4.69, 9.17) is 4.74 Å². The lowest BCUT2D eigenvalue weighted by molar-refractivity contribution is 0.0176. The van der Waals surface area contributed by atoms with Crippen molar-refractivity contribution in [1.29, 1.82) is 0 Å². The number of carbonyl (C=O) groups is 1. The Bertz CT molecular complexity index is 666. The summed E-state index contributed by atoms with van der Waals surface area (Å²) in [4.78, 5) is 21.9. The van der Waals surface area contributed by atoms with Crippen molar-refractivity contribution in [3.8, 4) is 11.4 Å². The van der Waals surface area contributed by atoms with Crippen LogP contribution in [0.2, 0.25) is 0 Å². The summed E-state index contributed by atoms with van der Waals surface area (Å²) in [5.41, 5.74) is 1.61. The van der Waals surface area contributed by atoms with E-state index in [-0.39, 0.29) is 42.9 Å². The van der Waals surface area contributed by atoms with Crippen molar-refractivity contribution in [2.75, 3.05) is 26.2 Å². The van der Waals surface area contributed by atoms with E-state index >= 15 is 0 Å². The number of nitrogens with zero attached hydrogens (tertiary/aromatic N) is 2. The maximum atomic E-state index is 12.7. The molecule has 0 bridgehead atoms. The number of likely N-dealkylation sites (tertiary alicyclic amines) is 1. The van der Waals surface area contributed by atoms with Crippen LogP contribution in [0.5, 0.6) is 0 Å². The van der Waals surface area contributed by atoms with Crippen molar-refractivity contribution in [3.63, 3.8) is 0 Å². The van der Waals surface area contributed by atoms with Gasteiger partial charge in [-0.15, -0.1) is 24.8 Å². The standard InChI is InChI=1S/C16H18N4O2.2ClH/c21-16(20-9-13-14(10-20)22-7-6-17-13)12-3-1-2-11(8-12)15-18-4-5-19-15;;/h1-5,8,13-14,17H,6-7,9-10H2,(H,18,19);2*1H/t13-,14-;;/m0../s1. The molecule has 130 valence electrons. The fourth-order valence-corrected chi connectivity index (χ4v) is 3.16. The summed E-state index contributed by atoms with van der Waals surface area (Å²) in [5.74, 6) is 0.822. The quantitative estimate of drug-likeness (QED) is 0.844. The molecule has 2 atom stereocenters. The molecular weight excluding hydrogens is 351 g/mol. The van der Waals surface area contributed by atoms with Crippen LogP contribution in [0.1, 0.15) is 10.4 Å². The lowest BCUT2D eigenvalue weighted by Crippen LogP contribution is -2.47. The Labute approximate surface area is 152 Å². The number of H-pyrrole nitrogens is 1. The van der Waals surface area contributed by atoms with E-state index in [1.165, 1.54) is 0 Å². The first-order valence-electron chi connectivity index (χ1n) is 7.55. The summed E-state index contributed by atoms with van der Waals surface area (Å²) >= 11 is 0. The predicted molar refractivity (Wildman–Crippen MR) is 96.0 cm³/mol. The zero-order valence-electron chi connectivity index (χ0n) is 13.0. The van der Waals surface area contributed by atoms with E-state index in [0.717, 1.165) is 24.5 Å². The zero-order chi connectivity index (χ0) is 14.9. The Morgan fingerprint density at radius 1 is 1.29 bits per heavy atom. The minimum absolute atomic E-state index is 0. The predicted octanol–water partition coefficient (Wildman–Crippen LogP) is 1.73. The van der Waals surface area contributed by atoms with Gasteiger partial charge in [-0.25, -0.2) is 4.98 Å². The number of imidazole rings is 1. The highest BCUT2D eigenvalue weighted by atomic mass is 35.5. The van der Waals surface area contributed by atoms with Crippen LogP contribution >= 0.6 is 24.8 Å². The Hall–Kier alpha value is -1.60. The minimum Gasteiger partial charge on any atom is -0.373 e. The summed E-state index contributed by atoms with van der Waals surface area (Å²) in [6.07, 6.45) is 3.60. The molecule has 1 aromatic heterocycles. The fraction of sp³-hybridized carbons (Fsp3) is 0.375. The molecule has 2 fully saturated rings. The first-order chi connectivity index (χ1) is 10.8. The van der Waals surface area contributed by atoms with Gasteiger partial charge in [-0.05, 0) is 12.1 Å². The molecule has 3 heterocycles. The molecule has 8 heteroatoms. The molecule has 2 aliphatic heterocycles. The Morgan fingerprint density at radius 2 is 2.17 bits per heavy atom. The van der Waals surface area contributed by atoms with Crippen LogP contribution in [0.3, 0.4) is 0 Å². The normalized spacial score (nSPS) is 22.2. The van der Waals surface area contributed by atoms with Crippen LogP contribution in [0.25, 0.3) is 11.4 Å². The van der Waals surface area contributed by atoms with Crippen LogP contribution in [-0.2, 0) is 4.74 Å². The number of amides is 1. The lowest BCUT2D eigenvalue weighted by Gasteiger charge is -2.25. The van der Waals surface area contributed by atoms with Crippen molar-refractivity contribution in [2.24, 2.45) is 0 Å². The minimum atomic E-state index is 0. The highest BCUT2D eigenvalue weighted by Crippen LogP contribution is 2.21. The van der Waals surface area contributed by atoms with Gasteiger partial charge in [0.2, 0.25) is 0 Å². The number of carbonyl (C=O) groups excluding carboxylic acids is 1. The Balaban J connectivity index is 0.00000104. The number of nitrogens with one attached hydrogen (secondary N) is 2. The van der Waals surface area contributed by atoms with Crippen molar-refractivity contribution in [3.05, 3.63) is 42.2 Å². The van der Waals surface area contributed by atoms with Gasteiger partial charge in [-0.1, -0.05) is 12.1 Å². The van der Waals surface area contributed by atoms with Crippen LogP contribution in [-0.4, -0.2) is 59.2 Å². The molecule has 24 heavy (non-hydrogen) atoms. The highest BCUT2D eigenvalue weighted by molar-refractivity contribution is 5.95. The molecule has 1 aromatic carbocycles. The van der Waals surface area contributed by atoms with E-state index < -0.39 is 0 Å². The third kappa shape index (κ3) is 3.57. The average Bonchev–Trinajstić information content (AvgIpc) is 3.23. The van der Waals surface area contributed by atoms with E-state index in [9.17, 15) is 4.79 Å². The number of rotatable bonds is 2. The summed E-state index contributed by atoms with van der Waals surface area (Å²) in [6.45, 7) is 2.93. The number of aromatic nitrogens is 2. The van der Waals surface area contributed by atoms with Crippen LogP contribution in [0.15, 0.2) is 36.7 Å². The van der Waals surface area contributed by atoms with E-state index in [0.29, 0.717) is 18.7 Å². The molecular formula is C16H20Cl2N4O2. The first-order valence-corrected chi connectivity index (χ1v) is 7.55. The van der Waals surface area contributed by atoms with E-state index in [1.54, 1.807) is 12.4 Å². The second kappa shape index (κ2) is 7.98. The van der Waals surface area contributed by atoms with Crippen LogP contribution < -0.4 is 5.32 Å². The first kappa shape index (κ1) is 18.7. The largest absolute Gasteiger partial charge is 0.373 e. The van der Waals surface area contributed by atoms with Gasteiger partial charge in [-0.2, -0.15) is 0 Å². The topological polar surface area (TPSA) is 70.2 Å². The van der Waals surface area contributed by atoms with E-state index in [2.05, 4.69) is 15.3 Å². The number of benzene rings is 1. The number of morpholine rings is 1. The summed E-state index contributed by atoms with van der Waals surface area (Å²) in [7, 11) is 0. The monoisotopic (exact) mass is 370 g/mol. The summed E-state index contributed by atoms with van der Waals surface area (Å²) in [5, 5.41) is 3.42. The molecule has 0 saturated carbocycles. The molecule has 2 aliphatic rings. The maximum Gasteiger partial charge on any atom is 0.254 e. The third-order valence-corrected chi connectivity index (χ3v) is 4.28. The fourth-order valence-electron chi connectivity index (χ4n) is 3.16. The van der Waals surface area contributed by atoms with Gasteiger partial charge in [-0.3, -0.25) is 4.79 Å². The van der Waals surface area contributed by atoms with Gasteiger partial charge in [0.05, 0.1) is 18.8 Å². The second-order valence-electron chi connectivity index (χ2n) is 5.70. The zero-order valence-corrected chi connectivity index (χ0v) is 14.6. The molecule has 0 unspecified atom stereocenters. The molecule has 0 aliphatic carbocycles. The number of fused-ring (bicyclic) bond motifs is 1. The molecule has 6 nitrogen and oxygen atoms in total. The summed E-state index contributed by atoms with van der Waals surface area (Å²) < 4.78 is 5.73. The maximum absolute atomic E-state index is 12.7. The molecule has 2 aromatic rings. The number of hydrogen-bond donors (Lipinski definition) is 2. The summed E-state index contributed by atoms with van der Waals surface area (Å²) in [6, 6.07) is 7.83. The van der Waals surface area contributed by atoms with E-state index in [1.807, 2.05) is 29.2 Å². The third-order valence-electron chi connectivity index (χ3n) is 4.28. The van der Waals surface area contributed by atoms with Crippen molar-refractivity contribution >= 4 is 30.7 Å². The number of ether oxygens (including phenoxy) is 1. The molecule has 0 spiro atoms. The molecule has 2 saturated heterocycles. The SMILES string of the molecule is Cl.Cl.O=C(c1cccc(-c2ncc[nH]2)c1)N1C[C@@H]2NCCO[C@H]2C1. The molecule has 2 N–H and O–H groups in total. The van der Waals surface area contributed by atoms with Gasteiger partial charge in [0.25, 0.3) is 5.91 Å². The number of hydrogen-bond acceptors (Lipinski definition) is 4. The van der Waals surface area contributed by atoms with Gasteiger partial charge in [0, 0.05) is 43.2 Å². The Kier molecular flexibility index (Phi) is 6.23. The number of halogens is 2. The second-order valence-corrected chi connectivity index (χ2v) is 5.70. The van der Waals surface area contributed by atoms with Crippen molar-refractivity contribution in [1.82, 2.24) is 20.2 Å². The Morgan fingerprint density at radius 3 is 2.92 bits per heavy atom. The van der Waals surface area contributed by atoms with Gasteiger partial charge in [0.15, 0.2) is 0 Å². The van der Waals surface area contributed by atoms with Gasteiger partial charge < -0.3 is 19.9 Å². The average molecular weight is 371 g/mol. The smallest absolute Gasteiger partial charge is 0.254 e. The molecule has 0 radical (unpaired) electrons. The van der Waals surface area contributed by atoms with Gasteiger partial charge >= 0.3 is 0 Å². The van der Waals surface area contributed by atoms with Crippen molar-refractivity contribution < 1.29 is 9.53 Å². The number of aromatic amines is 1. The highest BCUT2D eigenvalue weighted by Gasteiger charge is 2.37.